The zero-order valence-electron chi connectivity index (χ0n) is 18.5. The number of rotatable bonds is 4. The first-order valence-electron chi connectivity index (χ1n) is 11.5. The number of imide groups is 1. The van der Waals surface area contributed by atoms with Crippen LogP contribution >= 0.6 is 0 Å². The van der Waals surface area contributed by atoms with Gasteiger partial charge in [0.2, 0.25) is 17.7 Å². The fraction of sp³-hybridized carbons (Fsp3) is 0.385. The van der Waals surface area contributed by atoms with Gasteiger partial charge in [-0.3, -0.25) is 24.1 Å². The van der Waals surface area contributed by atoms with Crippen molar-refractivity contribution in [3.8, 4) is 5.75 Å². The van der Waals surface area contributed by atoms with Crippen molar-refractivity contribution in [2.24, 2.45) is 17.8 Å². The summed E-state index contributed by atoms with van der Waals surface area (Å²) >= 11 is 0. The van der Waals surface area contributed by atoms with Crippen LogP contribution in [-0.4, -0.2) is 30.2 Å². The Bertz CT molecular complexity index is 1080. The highest BCUT2D eigenvalue weighted by atomic mass is 16.5. The standard InChI is InChI=1S/C26H26N2O5/c1-16-6-8-18(9-7-16)27-15-17(14-23(27)29)26(32)33-20-12-10-19(11-13-20)28-24(30)21-4-2-3-5-22(21)25(28)31/h6-13,17,21-22H,2-5,14-15H2,1H3/t17-,21+,22+/m1/s1. The van der Waals surface area contributed by atoms with E-state index in [0.717, 1.165) is 36.9 Å². The highest BCUT2D eigenvalue weighted by Crippen LogP contribution is 2.40. The quantitative estimate of drug-likeness (QED) is 0.407. The van der Waals surface area contributed by atoms with E-state index in [1.165, 1.54) is 4.90 Å². The van der Waals surface area contributed by atoms with Gasteiger partial charge in [-0.1, -0.05) is 30.5 Å². The number of fused-ring (bicyclic) bond motifs is 1. The number of nitrogens with zero attached hydrogens (tertiary/aromatic N) is 2. The number of hydrogen-bond donors (Lipinski definition) is 0. The summed E-state index contributed by atoms with van der Waals surface area (Å²) in [5.74, 6) is -1.48. The van der Waals surface area contributed by atoms with E-state index in [1.54, 1.807) is 29.2 Å². The normalized spacial score (nSPS) is 24.9. The molecule has 1 aliphatic carbocycles. The molecule has 2 aromatic carbocycles. The van der Waals surface area contributed by atoms with Gasteiger partial charge in [0.1, 0.15) is 5.75 Å². The third-order valence-corrected chi connectivity index (χ3v) is 6.96. The zero-order chi connectivity index (χ0) is 23.1. The molecule has 33 heavy (non-hydrogen) atoms. The van der Waals surface area contributed by atoms with Crippen LogP contribution in [0.25, 0.3) is 0 Å². The minimum absolute atomic E-state index is 0.102. The first kappa shape index (κ1) is 21.4. The number of hydrogen-bond acceptors (Lipinski definition) is 5. The molecule has 3 atom stereocenters. The Morgan fingerprint density at radius 1 is 0.848 bits per heavy atom. The van der Waals surface area contributed by atoms with Gasteiger partial charge in [0, 0.05) is 18.7 Å². The van der Waals surface area contributed by atoms with Gasteiger partial charge in [-0.25, -0.2) is 0 Å². The maximum atomic E-state index is 12.8. The molecule has 0 radical (unpaired) electrons. The lowest BCUT2D eigenvalue weighted by Crippen LogP contribution is -2.30. The average molecular weight is 447 g/mol. The number of esters is 1. The van der Waals surface area contributed by atoms with Crippen molar-refractivity contribution in [3.63, 3.8) is 0 Å². The van der Waals surface area contributed by atoms with Crippen LogP contribution in [0, 0.1) is 24.7 Å². The second kappa shape index (κ2) is 8.46. The summed E-state index contributed by atoms with van der Waals surface area (Å²) in [5.41, 5.74) is 2.37. The molecular formula is C26H26N2O5. The van der Waals surface area contributed by atoms with E-state index >= 15 is 0 Å². The number of carbonyl (C=O) groups is 4. The second-order valence-electron chi connectivity index (χ2n) is 9.17. The molecule has 3 aliphatic rings. The predicted octanol–water partition coefficient (Wildman–Crippen LogP) is 3.63. The van der Waals surface area contributed by atoms with E-state index < -0.39 is 11.9 Å². The van der Waals surface area contributed by atoms with Crippen molar-refractivity contribution in [1.29, 1.82) is 0 Å². The van der Waals surface area contributed by atoms with Gasteiger partial charge in [-0.2, -0.15) is 0 Å². The van der Waals surface area contributed by atoms with Crippen LogP contribution in [0.2, 0.25) is 0 Å². The number of amides is 3. The third-order valence-electron chi connectivity index (χ3n) is 6.96. The van der Waals surface area contributed by atoms with Gasteiger partial charge in [0.05, 0.1) is 23.4 Å². The van der Waals surface area contributed by atoms with E-state index in [1.807, 2.05) is 31.2 Å². The van der Waals surface area contributed by atoms with Gasteiger partial charge in [0.15, 0.2) is 0 Å². The van der Waals surface area contributed by atoms with Gasteiger partial charge >= 0.3 is 5.97 Å². The molecule has 0 aromatic heterocycles. The van der Waals surface area contributed by atoms with E-state index in [4.69, 9.17) is 4.74 Å². The number of aryl methyl sites for hydroxylation is 1. The van der Waals surface area contributed by atoms with Gasteiger partial charge in [-0.15, -0.1) is 0 Å². The topological polar surface area (TPSA) is 84.0 Å². The van der Waals surface area contributed by atoms with Crippen molar-refractivity contribution in [2.75, 3.05) is 16.3 Å². The Balaban J connectivity index is 1.24. The lowest BCUT2D eigenvalue weighted by atomic mass is 9.81. The molecule has 0 spiro atoms. The molecule has 3 fully saturated rings. The van der Waals surface area contributed by atoms with Crippen molar-refractivity contribution in [2.45, 2.75) is 39.0 Å². The van der Waals surface area contributed by atoms with Crippen molar-refractivity contribution < 1.29 is 23.9 Å². The van der Waals surface area contributed by atoms with Crippen LogP contribution in [-0.2, 0) is 19.2 Å². The van der Waals surface area contributed by atoms with Gasteiger partial charge in [0.25, 0.3) is 0 Å². The van der Waals surface area contributed by atoms with Crippen LogP contribution in [0.4, 0.5) is 11.4 Å². The average Bonchev–Trinajstić information content (AvgIpc) is 3.33. The van der Waals surface area contributed by atoms with Crippen LogP contribution in [0.3, 0.4) is 0 Å². The SMILES string of the molecule is Cc1ccc(N2C[C@H](C(=O)Oc3ccc(N4C(=O)[C@H]5CCCC[C@@H]5C4=O)cc3)CC2=O)cc1. The first-order valence-corrected chi connectivity index (χ1v) is 11.5. The van der Waals surface area contributed by atoms with Crippen molar-refractivity contribution in [1.82, 2.24) is 0 Å². The lowest BCUT2D eigenvalue weighted by Gasteiger charge is -2.19. The molecule has 5 rings (SSSR count). The summed E-state index contributed by atoms with van der Waals surface area (Å²) in [4.78, 5) is 53.5. The smallest absolute Gasteiger partial charge is 0.316 e. The Labute approximate surface area is 192 Å². The molecular weight excluding hydrogens is 420 g/mol. The Kier molecular flexibility index (Phi) is 5.48. The second-order valence-corrected chi connectivity index (χ2v) is 9.17. The van der Waals surface area contributed by atoms with Crippen LogP contribution in [0.5, 0.6) is 5.75 Å². The molecule has 2 heterocycles. The number of anilines is 2. The van der Waals surface area contributed by atoms with E-state index in [9.17, 15) is 19.2 Å². The predicted molar refractivity (Wildman–Crippen MR) is 122 cm³/mol. The molecule has 0 bridgehead atoms. The summed E-state index contributed by atoms with van der Waals surface area (Å²) in [6.07, 6.45) is 3.59. The van der Waals surface area contributed by atoms with E-state index in [-0.39, 0.29) is 42.5 Å². The third kappa shape index (κ3) is 3.92. The first-order chi connectivity index (χ1) is 15.9. The molecule has 2 saturated heterocycles. The zero-order valence-corrected chi connectivity index (χ0v) is 18.5. The summed E-state index contributed by atoms with van der Waals surface area (Å²) in [5, 5.41) is 0. The Morgan fingerprint density at radius 2 is 1.42 bits per heavy atom. The Hall–Kier alpha value is -3.48. The number of benzene rings is 2. The van der Waals surface area contributed by atoms with Crippen LogP contribution < -0.4 is 14.5 Å². The maximum Gasteiger partial charge on any atom is 0.316 e. The summed E-state index contributed by atoms with van der Waals surface area (Å²) < 4.78 is 5.51. The summed E-state index contributed by atoms with van der Waals surface area (Å²) in [6, 6.07) is 14.0. The van der Waals surface area contributed by atoms with E-state index in [0.29, 0.717) is 11.4 Å². The highest BCUT2D eigenvalue weighted by Gasteiger charge is 2.48. The molecule has 0 N–H and O–H groups in total. The highest BCUT2D eigenvalue weighted by molar-refractivity contribution is 6.22. The molecule has 2 aliphatic heterocycles. The Morgan fingerprint density at radius 3 is 2.03 bits per heavy atom. The molecule has 170 valence electrons. The number of carbonyl (C=O) groups excluding carboxylic acids is 4. The fourth-order valence-corrected chi connectivity index (χ4v) is 5.12. The van der Waals surface area contributed by atoms with Crippen LogP contribution in [0.15, 0.2) is 48.5 Å². The van der Waals surface area contributed by atoms with Gasteiger partial charge in [-0.05, 0) is 56.2 Å². The largest absolute Gasteiger partial charge is 0.426 e. The maximum absolute atomic E-state index is 12.8. The minimum atomic E-state index is -0.552. The van der Waals surface area contributed by atoms with Crippen molar-refractivity contribution in [3.05, 3.63) is 54.1 Å². The molecule has 1 saturated carbocycles. The van der Waals surface area contributed by atoms with Crippen LogP contribution in [0.1, 0.15) is 37.7 Å². The molecule has 7 heteroatoms. The fourth-order valence-electron chi connectivity index (χ4n) is 5.12. The molecule has 7 nitrogen and oxygen atoms in total. The summed E-state index contributed by atoms with van der Waals surface area (Å²) in [7, 11) is 0. The lowest BCUT2D eigenvalue weighted by molar-refractivity contribution is -0.139. The van der Waals surface area contributed by atoms with E-state index in [2.05, 4.69) is 0 Å². The minimum Gasteiger partial charge on any atom is -0.426 e. The monoisotopic (exact) mass is 446 g/mol. The number of ether oxygens (including phenoxy) is 1. The van der Waals surface area contributed by atoms with Gasteiger partial charge < -0.3 is 9.64 Å². The summed E-state index contributed by atoms with van der Waals surface area (Å²) in [6.45, 7) is 2.25. The van der Waals surface area contributed by atoms with Crippen molar-refractivity contribution >= 4 is 35.1 Å². The molecule has 3 amide bonds. The molecule has 2 aromatic rings. The molecule has 0 unspecified atom stereocenters.